The van der Waals surface area contributed by atoms with Gasteiger partial charge in [0.25, 0.3) is 0 Å². The van der Waals surface area contributed by atoms with Crippen LogP contribution in [0, 0.1) is 11.8 Å². The molecule has 0 saturated carbocycles. The third-order valence-corrected chi connectivity index (χ3v) is 5.32. The minimum atomic E-state index is 1.03. The van der Waals surface area contributed by atoms with Gasteiger partial charge in [-0.2, -0.15) is 11.8 Å². The Morgan fingerprint density at radius 2 is 1.50 bits per heavy atom. The van der Waals surface area contributed by atoms with E-state index in [0.717, 1.165) is 11.8 Å². The lowest BCUT2D eigenvalue weighted by Gasteiger charge is -2.38. The molecule has 2 heterocycles. The van der Waals surface area contributed by atoms with Gasteiger partial charge in [-0.1, -0.05) is 13.8 Å². The molecule has 0 bridgehead atoms. The molecule has 0 aromatic heterocycles. The van der Waals surface area contributed by atoms with Crippen LogP contribution in [0.2, 0.25) is 0 Å². The van der Waals surface area contributed by atoms with Crippen LogP contribution in [-0.2, 0) is 0 Å². The van der Waals surface area contributed by atoms with Crippen molar-refractivity contribution in [3.05, 3.63) is 0 Å². The first-order chi connectivity index (χ1) is 6.79. The Kier molecular flexibility index (Phi) is 3.43. The fourth-order valence-corrected chi connectivity index (χ4v) is 4.62. The molecule has 0 radical (unpaired) electrons. The van der Waals surface area contributed by atoms with E-state index in [4.69, 9.17) is 0 Å². The Morgan fingerprint density at radius 1 is 1.00 bits per heavy atom. The topological polar surface area (TPSA) is 0 Å². The van der Waals surface area contributed by atoms with Gasteiger partial charge in [0.2, 0.25) is 0 Å². The van der Waals surface area contributed by atoms with Gasteiger partial charge in [-0.25, -0.2) is 0 Å². The van der Waals surface area contributed by atoms with E-state index < -0.39 is 0 Å². The maximum absolute atomic E-state index is 2.38. The van der Waals surface area contributed by atoms with Crippen LogP contribution < -0.4 is 0 Å². The van der Waals surface area contributed by atoms with E-state index in [1.54, 1.807) is 0 Å². The fraction of sp³-hybridized carbons (Fsp3) is 1.00. The maximum Gasteiger partial charge on any atom is 0.0879 e. The molecule has 2 aliphatic rings. The zero-order chi connectivity index (χ0) is 10.0. The summed E-state index contributed by atoms with van der Waals surface area (Å²) in [6.07, 6.45) is 2.82. The summed E-state index contributed by atoms with van der Waals surface area (Å²) in [6.45, 7) is 10.7. The molecule has 2 aliphatic heterocycles. The minimum absolute atomic E-state index is 1.03. The zero-order valence-corrected chi connectivity index (χ0v) is 10.5. The zero-order valence-electron chi connectivity index (χ0n) is 9.67. The van der Waals surface area contributed by atoms with Gasteiger partial charge in [0.1, 0.15) is 0 Å². The van der Waals surface area contributed by atoms with Crippen LogP contribution in [0.25, 0.3) is 0 Å². The standard InChI is InChI=1S/C12H24NS/c1-3-11-9-13(10-12(11)4-2)5-7-14-8-6-13/h11-12H,3-10H2,1-2H3/q+1. The number of nitrogens with zero attached hydrogens (tertiary/aromatic N) is 1. The van der Waals surface area contributed by atoms with E-state index in [1.807, 2.05) is 0 Å². The fourth-order valence-electron chi connectivity index (χ4n) is 3.39. The highest BCUT2D eigenvalue weighted by atomic mass is 32.2. The molecule has 82 valence electrons. The third-order valence-electron chi connectivity index (χ3n) is 4.38. The Labute approximate surface area is 92.8 Å². The minimum Gasteiger partial charge on any atom is -0.322 e. The van der Waals surface area contributed by atoms with Gasteiger partial charge >= 0.3 is 0 Å². The summed E-state index contributed by atoms with van der Waals surface area (Å²) in [4.78, 5) is 0. The smallest absolute Gasteiger partial charge is 0.0879 e. The van der Waals surface area contributed by atoms with Crippen LogP contribution in [0.4, 0.5) is 0 Å². The quantitative estimate of drug-likeness (QED) is 0.637. The summed E-state index contributed by atoms with van der Waals surface area (Å²) in [7, 11) is 0. The van der Waals surface area contributed by atoms with Gasteiger partial charge < -0.3 is 4.48 Å². The molecule has 1 spiro atoms. The highest BCUT2D eigenvalue weighted by Crippen LogP contribution is 2.36. The lowest BCUT2D eigenvalue weighted by atomic mass is 9.92. The van der Waals surface area contributed by atoms with Gasteiger partial charge in [-0.15, -0.1) is 0 Å². The van der Waals surface area contributed by atoms with E-state index in [-0.39, 0.29) is 0 Å². The Bertz CT molecular complexity index is 173. The summed E-state index contributed by atoms with van der Waals surface area (Å²) in [5, 5.41) is 0. The van der Waals surface area contributed by atoms with Gasteiger partial charge in [-0.05, 0) is 12.8 Å². The van der Waals surface area contributed by atoms with Crippen LogP contribution >= 0.6 is 11.8 Å². The van der Waals surface area contributed by atoms with Crippen molar-refractivity contribution in [1.82, 2.24) is 0 Å². The van der Waals surface area contributed by atoms with E-state index >= 15 is 0 Å². The number of hydrogen-bond donors (Lipinski definition) is 0. The summed E-state index contributed by atoms with van der Waals surface area (Å²) in [6, 6.07) is 0. The molecule has 1 nitrogen and oxygen atoms in total. The van der Waals surface area contributed by atoms with Crippen molar-refractivity contribution in [2.45, 2.75) is 26.7 Å². The molecule has 0 aromatic carbocycles. The summed E-state index contributed by atoms with van der Waals surface area (Å²) < 4.78 is 1.48. The van der Waals surface area contributed by atoms with Crippen molar-refractivity contribution in [3.63, 3.8) is 0 Å². The molecule has 2 heteroatoms. The second-order valence-electron chi connectivity index (χ2n) is 5.10. The Hall–Kier alpha value is 0.310. The second-order valence-corrected chi connectivity index (χ2v) is 6.33. The van der Waals surface area contributed by atoms with Crippen molar-refractivity contribution in [1.29, 1.82) is 0 Å². The molecule has 0 N–H and O–H groups in total. The van der Waals surface area contributed by atoms with Crippen molar-refractivity contribution < 1.29 is 4.48 Å². The first-order valence-electron chi connectivity index (χ1n) is 6.22. The van der Waals surface area contributed by atoms with E-state index in [9.17, 15) is 0 Å². The molecule has 14 heavy (non-hydrogen) atoms. The molecule has 2 unspecified atom stereocenters. The SMILES string of the molecule is CCC1C[N+]2(CCSCC2)CC1CC. The maximum atomic E-state index is 2.38. The first-order valence-corrected chi connectivity index (χ1v) is 7.38. The van der Waals surface area contributed by atoms with Gasteiger partial charge in [0, 0.05) is 23.3 Å². The highest BCUT2D eigenvalue weighted by molar-refractivity contribution is 7.99. The lowest BCUT2D eigenvalue weighted by Crippen LogP contribution is -2.51. The van der Waals surface area contributed by atoms with Crippen LogP contribution in [0.15, 0.2) is 0 Å². The van der Waals surface area contributed by atoms with E-state index in [2.05, 4.69) is 25.6 Å². The van der Waals surface area contributed by atoms with Crippen LogP contribution in [0.3, 0.4) is 0 Å². The first kappa shape index (κ1) is 10.8. The van der Waals surface area contributed by atoms with Gasteiger partial charge in [0.15, 0.2) is 0 Å². The largest absolute Gasteiger partial charge is 0.322 e. The van der Waals surface area contributed by atoms with Crippen LogP contribution in [-0.4, -0.2) is 42.2 Å². The molecular formula is C12H24NS+. The predicted molar refractivity (Wildman–Crippen MR) is 64.6 cm³/mol. The van der Waals surface area contributed by atoms with E-state index in [1.165, 1.54) is 55.0 Å². The van der Waals surface area contributed by atoms with Crippen molar-refractivity contribution in [3.8, 4) is 0 Å². The van der Waals surface area contributed by atoms with Gasteiger partial charge in [-0.3, -0.25) is 0 Å². The molecule has 0 amide bonds. The van der Waals surface area contributed by atoms with Crippen molar-refractivity contribution in [2.24, 2.45) is 11.8 Å². The summed E-state index contributed by atoms with van der Waals surface area (Å²) in [5.41, 5.74) is 0. The third kappa shape index (κ3) is 1.96. The molecule has 2 atom stereocenters. The van der Waals surface area contributed by atoms with E-state index in [0.29, 0.717) is 0 Å². The van der Waals surface area contributed by atoms with Gasteiger partial charge in [0.05, 0.1) is 26.2 Å². The number of thioether (sulfide) groups is 1. The average molecular weight is 214 g/mol. The molecule has 2 rings (SSSR count). The molecule has 2 fully saturated rings. The Morgan fingerprint density at radius 3 is 1.93 bits per heavy atom. The molecule has 0 aliphatic carbocycles. The van der Waals surface area contributed by atoms with Crippen LogP contribution in [0.5, 0.6) is 0 Å². The number of rotatable bonds is 2. The molecule has 2 saturated heterocycles. The average Bonchev–Trinajstić information content (AvgIpc) is 2.57. The number of quaternary nitrogens is 1. The second kappa shape index (κ2) is 4.44. The summed E-state index contributed by atoms with van der Waals surface area (Å²) in [5.74, 6) is 4.88. The normalized spacial score (nSPS) is 36.4. The predicted octanol–water partition coefficient (Wildman–Crippen LogP) is 2.62. The Balaban J connectivity index is 2.01. The molecule has 0 aromatic rings. The van der Waals surface area contributed by atoms with Crippen LogP contribution in [0.1, 0.15) is 26.7 Å². The van der Waals surface area contributed by atoms with Crippen molar-refractivity contribution >= 4 is 11.8 Å². The monoisotopic (exact) mass is 214 g/mol. The lowest BCUT2D eigenvalue weighted by molar-refractivity contribution is -0.915. The highest BCUT2D eigenvalue weighted by Gasteiger charge is 2.43. The molecular weight excluding hydrogens is 190 g/mol. The van der Waals surface area contributed by atoms with Crippen molar-refractivity contribution in [2.75, 3.05) is 37.7 Å². The number of hydrogen-bond acceptors (Lipinski definition) is 1. The summed E-state index contributed by atoms with van der Waals surface area (Å²) >= 11 is 2.16.